The zero-order valence-electron chi connectivity index (χ0n) is 15.2. The second kappa shape index (κ2) is 8.87. The number of rotatable bonds is 6. The number of amides is 2. The smallest absolute Gasteiger partial charge is 0.317 e. The van der Waals surface area contributed by atoms with Gasteiger partial charge in [-0.2, -0.15) is 0 Å². The van der Waals surface area contributed by atoms with E-state index in [1.165, 1.54) is 0 Å². The van der Waals surface area contributed by atoms with Crippen LogP contribution in [0.25, 0.3) is 10.8 Å². The summed E-state index contributed by atoms with van der Waals surface area (Å²) >= 11 is 0. The Bertz CT molecular complexity index is 724. The van der Waals surface area contributed by atoms with E-state index < -0.39 is 6.10 Å². The standard InChI is InChI=1S/C20H27N3O3/c1-2-21-20(25)23-12-10-22(11-13-23)14-17(24)15-26-19-9-5-7-16-6-3-4-8-18(16)19/h3-9,17,24H,2,10-15H2,1H3,(H,21,25). The number of fused-ring (bicyclic) bond motifs is 1. The first-order valence-electron chi connectivity index (χ1n) is 9.21. The maximum atomic E-state index is 11.8. The van der Waals surface area contributed by atoms with Crippen molar-refractivity contribution in [3.05, 3.63) is 42.5 Å². The SMILES string of the molecule is CCNC(=O)N1CCN(CC(O)COc2cccc3ccccc23)CC1. The fraction of sp³-hybridized carbons (Fsp3) is 0.450. The van der Waals surface area contributed by atoms with Crippen LogP contribution in [0.1, 0.15) is 6.92 Å². The monoisotopic (exact) mass is 357 g/mol. The molecule has 0 spiro atoms. The van der Waals surface area contributed by atoms with Crippen LogP contribution in [0.5, 0.6) is 5.75 Å². The molecule has 26 heavy (non-hydrogen) atoms. The molecule has 0 aliphatic carbocycles. The fourth-order valence-corrected chi connectivity index (χ4v) is 3.25. The van der Waals surface area contributed by atoms with Crippen LogP contribution in [-0.2, 0) is 0 Å². The van der Waals surface area contributed by atoms with Gasteiger partial charge in [0.2, 0.25) is 0 Å². The number of ether oxygens (including phenoxy) is 1. The van der Waals surface area contributed by atoms with Gasteiger partial charge in [0.05, 0.1) is 0 Å². The first-order valence-corrected chi connectivity index (χ1v) is 9.21. The summed E-state index contributed by atoms with van der Waals surface area (Å²) in [5.41, 5.74) is 0. The van der Waals surface area contributed by atoms with Crippen molar-refractivity contribution in [2.75, 3.05) is 45.9 Å². The number of carbonyl (C=O) groups is 1. The molecular formula is C20H27N3O3. The lowest BCUT2D eigenvalue weighted by atomic mass is 10.1. The summed E-state index contributed by atoms with van der Waals surface area (Å²) in [7, 11) is 0. The van der Waals surface area contributed by atoms with E-state index in [9.17, 15) is 9.90 Å². The van der Waals surface area contributed by atoms with E-state index in [1.54, 1.807) is 0 Å². The summed E-state index contributed by atoms with van der Waals surface area (Å²) in [4.78, 5) is 15.8. The number of β-amino-alcohol motifs (C(OH)–C–C–N with tert-alkyl or cyclic N) is 1. The zero-order valence-corrected chi connectivity index (χ0v) is 15.2. The lowest BCUT2D eigenvalue weighted by molar-refractivity contribution is 0.0520. The highest BCUT2D eigenvalue weighted by atomic mass is 16.5. The molecule has 2 aromatic rings. The molecule has 2 amide bonds. The van der Waals surface area contributed by atoms with Crippen LogP contribution in [0.3, 0.4) is 0 Å². The van der Waals surface area contributed by atoms with Gasteiger partial charge in [0, 0.05) is 44.7 Å². The van der Waals surface area contributed by atoms with Crippen LogP contribution in [0, 0.1) is 0 Å². The average molecular weight is 357 g/mol. The number of piperazine rings is 1. The minimum absolute atomic E-state index is 0.00742. The Hall–Kier alpha value is -2.31. The number of urea groups is 1. The minimum Gasteiger partial charge on any atom is -0.490 e. The third kappa shape index (κ3) is 4.65. The van der Waals surface area contributed by atoms with Crippen LogP contribution in [0.4, 0.5) is 4.79 Å². The highest BCUT2D eigenvalue weighted by Crippen LogP contribution is 2.25. The number of hydrogen-bond donors (Lipinski definition) is 2. The van der Waals surface area contributed by atoms with Crippen molar-refractivity contribution in [3.63, 3.8) is 0 Å². The van der Waals surface area contributed by atoms with Crippen LogP contribution < -0.4 is 10.1 Å². The molecule has 6 nitrogen and oxygen atoms in total. The molecule has 1 unspecified atom stereocenters. The quantitative estimate of drug-likeness (QED) is 0.829. The van der Waals surface area contributed by atoms with Gasteiger partial charge in [-0.15, -0.1) is 0 Å². The molecule has 0 saturated carbocycles. The highest BCUT2D eigenvalue weighted by molar-refractivity contribution is 5.88. The molecule has 2 aromatic carbocycles. The Labute approximate surface area is 154 Å². The zero-order chi connectivity index (χ0) is 18.4. The summed E-state index contributed by atoms with van der Waals surface area (Å²) in [6.07, 6.45) is -0.565. The van der Waals surface area contributed by atoms with E-state index in [4.69, 9.17) is 4.74 Å². The Kier molecular flexibility index (Phi) is 6.30. The summed E-state index contributed by atoms with van der Waals surface area (Å²) in [6, 6.07) is 14.0. The fourth-order valence-electron chi connectivity index (χ4n) is 3.25. The van der Waals surface area contributed by atoms with Gasteiger partial charge >= 0.3 is 6.03 Å². The van der Waals surface area contributed by atoms with Crippen molar-refractivity contribution in [1.82, 2.24) is 15.1 Å². The second-order valence-corrected chi connectivity index (χ2v) is 6.57. The molecule has 1 atom stereocenters. The van der Waals surface area contributed by atoms with E-state index in [0.29, 0.717) is 26.2 Å². The Morgan fingerprint density at radius 2 is 1.88 bits per heavy atom. The van der Waals surface area contributed by atoms with Crippen LogP contribution in [0.15, 0.2) is 42.5 Å². The topological polar surface area (TPSA) is 65.0 Å². The van der Waals surface area contributed by atoms with E-state index in [1.807, 2.05) is 54.3 Å². The first kappa shape index (κ1) is 18.5. The molecule has 1 heterocycles. The van der Waals surface area contributed by atoms with Crippen LogP contribution in [-0.4, -0.2) is 72.9 Å². The third-order valence-corrected chi connectivity index (χ3v) is 4.64. The number of carbonyl (C=O) groups excluding carboxylic acids is 1. The molecule has 3 rings (SSSR count). The highest BCUT2D eigenvalue weighted by Gasteiger charge is 2.22. The lowest BCUT2D eigenvalue weighted by Gasteiger charge is -2.35. The van der Waals surface area contributed by atoms with Crippen LogP contribution >= 0.6 is 0 Å². The first-order chi connectivity index (χ1) is 12.7. The van der Waals surface area contributed by atoms with Gasteiger partial charge < -0.3 is 20.1 Å². The largest absolute Gasteiger partial charge is 0.490 e. The predicted molar refractivity (Wildman–Crippen MR) is 103 cm³/mol. The summed E-state index contributed by atoms with van der Waals surface area (Å²) in [5.74, 6) is 0.795. The normalized spacial score (nSPS) is 16.5. The Morgan fingerprint density at radius 3 is 2.65 bits per heavy atom. The number of hydrogen-bond acceptors (Lipinski definition) is 4. The van der Waals surface area contributed by atoms with Crippen molar-refractivity contribution < 1.29 is 14.6 Å². The van der Waals surface area contributed by atoms with Crippen molar-refractivity contribution in [2.45, 2.75) is 13.0 Å². The van der Waals surface area contributed by atoms with Gasteiger partial charge in [-0.1, -0.05) is 36.4 Å². The molecule has 0 aromatic heterocycles. The van der Waals surface area contributed by atoms with E-state index in [0.717, 1.165) is 29.6 Å². The number of aliphatic hydroxyl groups is 1. The van der Waals surface area contributed by atoms with Gasteiger partial charge in [0.1, 0.15) is 18.5 Å². The van der Waals surface area contributed by atoms with E-state index in [-0.39, 0.29) is 12.6 Å². The molecule has 0 radical (unpaired) electrons. The predicted octanol–water partition coefficient (Wildman–Crippen LogP) is 1.93. The van der Waals surface area contributed by atoms with Gasteiger partial charge in [0.25, 0.3) is 0 Å². The van der Waals surface area contributed by atoms with E-state index >= 15 is 0 Å². The number of nitrogens with zero attached hydrogens (tertiary/aromatic N) is 2. The van der Waals surface area contributed by atoms with Gasteiger partial charge in [-0.25, -0.2) is 4.79 Å². The average Bonchev–Trinajstić information content (AvgIpc) is 2.67. The van der Waals surface area contributed by atoms with Crippen molar-refractivity contribution in [3.8, 4) is 5.75 Å². The van der Waals surface area contributed by atoms with Gasteiger partial charge in [0.15, 0.2) is 0 Å². The minimum atomic E-state index is -0.565. The number of aliphatic hydroxyl groups excluding tert-OH is 1. The summed E-state index contributed by atoms with van der Waals surface area (Å²) in [6.45, 7) is 6.26. The number of nitrogens with one attached hydrogen (secondary N) is 1. The second-order valence-electron chi connectivity index (χ2n) is 6.57. The van der Waals surface area contributed by atoms with Crippen LogP contribution in [0.2, 0.25) is 0 Å². The van der Waals surface area contributed by atoms with E-state index in [2.05, 4.69) is 10.2 Å². The molecule has 6 heteroatoms. The van der Waals surface area contributed by atoms with Crippen molar-refractivity contribution in [2.24, 2.45) is 0 Å². The molecule has 1 aliphatic heterocycles. The molecular weight excluding hydrogens is 330 g/mol. The van der Waals surface area contributed by atoms with Crippen molar-refractivity contribution >= 4 is 16.8 Å². The number of benzene rings is 2. The molecule has 1 saturated heterocycles. The summed E-state index contributed by atoms with van der Waals surface area (Å²) in [5, 5.41) is 15.3. The molecule has 140 valence electrons. The maximum Gasteiger partial charge on any atom is 0.317 e. The molecule has 0 bridgehead atoms. The van der Waals surface area contributed by atoms with Gasteiger partial charge in [-0.3, -0.25) is 4.90 Å². The summed E-state index contributed by atoms with van der Waals surface area (Å²) < 4.78 is 5.86. The third-order valence-electron chi connectivity index (χ3n) is 4.64. The molecule has 1 fully saturated rings. The van der Waals surface area contributed by atoms with Crippen molar-refractivity contribution in [1.29, 1.82) is 0 Å². The maximum absolute atomic E-state index is 11.8. The molecule has 1 aliphatic rings. The molecule has 2 N–H and O–H groups in total. The Balaban J connectivity index is 1.46. The Morgan fingerprint density at radius 1 is 1.15 bits per heavy atom. The lowest BCUT2D eigenvalue weighted by Crippen LogP contribution is -2.53. The van der Waals surface area contributed by atoms with Gasteiger partial charge in [-0.05, 0) is 18.4 Å².